The lowest BCUT2D eigenvalue weighted by Gasteiger charge is -2.33. The van der Waals surface area contributed by atoms with Crippen molar-refractivity contribution in [2.45, 2.75) is 33.2 Å². The molecule has 2 aliphatic heterocycles. The van der Waals surface area contributed by atoms with E-state index in [1.54, 1.807) is 0 Å². The molecular formula is C24H25N3O4. The number of para-hydroxylation sites is 1. The van der Waals surface area contributed by atoms with Crippen molar-refractivity contribution in [2.75, 3.05) is 18.5 Å². The van der Waals surface area contributed by atoms with E-state index in [2.05, 4.69) is 10.6 Å². The minimum Gasteiger partial charge on any atom is -0.456 e. The Hall–Kier alpha value is -3.61. The molecule has 0 radical (unpaired) electrons. The molecule has 1 unspecified atom stereocenters. The molecule has 3 amide bonds. The first-order valence-electron chi connectivity index (χ1n) is 10.3. The van der Waals surface area contributed by atoms with E-state index < -0.39 is 18.0 Å². The molecule has 2 heterocycles. The zero-order valence-corrected chi connectivity index (χ0v) is 17.8. The summed E-state index contributed by atoms with van der Waals surface area (Å²) in [5, 5.41) is 5.76. The third-order valence-corrected chi connectivity index (χ3v) is 5.72. The van der Waals surface area contributed by atoms with E-state index in [9.17, 15) is 14.4 Å². The Balaban J connectivity index is 1.62. The van der Waals surface area contributed by atoms with Crippen LogP contribution in [0.15, 0.2) is 53.7 Å². The molecule has 31 heavy (non-hydrogen) atoms. The minimum atomic E-state index is -0.600. The van der Waals surface area contributed by atoms with Gasteiger partial charge in [-0.1, -0.05) is 48.9 Å². The standard InChI is InChI=1S/C24H25N3O4/c1-4-16-7-5-6-8-18(16)25-20(28)12-27-19-13-31-23(29)21(19)22(26-24(27)30)17-11-14(2)9-10-15(17)3/h5-11,22H,4,12-13H2,1-3H3,(H,25,28)(H,26,30). The highest BCUT2D eigenvalue weighted by atomic mass is 16.5. The summed E-state index contributed by atoms with van der Waals surface area (Å²) < 4.78 is 5.26. The molecule has 0 saturated carbocycles. The predicted molar refractivity (Wildman–Crippen MR) is 116 cm³/mol. The monoisotopic (exact) mass is 419 g/mol. The van der Waals surface area contributed by atoms with Gasteiger partial charge < -0.3 is 15.4 Å². The van der Waals surface area contributed by atoms with Gasteiger partial charge in [0.1, 0.15) is 13.2 Å². The number of rotatable bonds is 5. The van der Waals surface area contributed by atoms with E-state index >= 15 is 0 Å². The Labute approximate surface area is 181 Å². The number of carbonyl (C=O) groups excluding carboxylic acids is 3. The van der Waals surface area contributed by atoms with Crippen LogP contribution >= 0.6 is 0 Å². The number of nitrogens with zero attached hydrogens (tertiary/aromatic N) is 1. The molecule has 2 aromatic carbocycles. The number of cyclic esters (lactones) is 1. The van der Waals surface area contributed by atoms with E-state index in [0.29, 0.717) is 17.0 Å². The summed E-state index contributed by atoms with van der Waals surface area (Å²) in [6, 6.07) is 12.4. The Morgan fingerprint density at radius 1 is 1.19 bits per heavy atom. The van der Waals surface area contributed by atoms with Gasteiger partial charge in [0.15, 0.2) is 0 Å². The normalized spacial score (nSPS) is 17.9. The number of hydrogen-bond acceptors (Lipinski definition) is 4. The van der Waals surface area contributed by atoms with Crippen LogP contribution in [-0.4, -0.2) is 36.0 Å². The highest BCUT2D eigenvalue weighted by Crippen LogP contribution is 2.36. The van der Waals surface area contributed by atoms with Crippen LogP contribution < -0.4 is 10.6 Å². The van der Waals surface area contributed by atoms with Gasteiger partial charge in [-0.3, -0.25) is 9.69 Å². The first kappa shape index (κ1) is 20.7. The van der Waals surface area contributed by atoms with Gasteiger partial charge in [0.05, 0.1) is 17.3 Å². The second kappa shape index (κ2) is 8.26. The summed E-state index contributed by atoms with van der Waals surface area (Å²) >= 11 is 0. The Kier molecular flexibility index (Phi) is 5.50. The second-order valence-corrected chi connectivity index (χ2v) is 7.82. The van der Waals surface area contributed by atoms with Crippen molar-refractivity contribution < 1.29 is 19.1 Å². The first-order chi connectivity index (χ1) is 14.9. The van der Waals surface area contributed by atoms with Crippen LogP contribution in [0, 0.1) is 13.8 Å². The number of esters is 1. The summed E-state index contributed by atoms with van der Waals surface area (Å²) in [6.07, 6.45) is 0.774. The van der Waals surface area contributed by atoms with Gasteiger partial charge >= 0.3 is 12.0 Å². The number of amides is 3. The first-order valence-corrected chi connectivity index (χ1v) is 10.3. The van der Waals surface area contributed by atoms with E-state index in [-0.39, 0.29) is 19.1 Å². The molecule has 4 rings (SSSR count). The Bertz CT molecular complexity index is 1110. The number of nitrogens with one attached hydrogen (secondary N) is 2. The van der Waals surface area contributed by atoms with Gasteiger partial charge in [0.2, 0.25) is 5.91 Å². The summed E-state index contributed by atoms with van der Waals surface area (Å²) in [7, 11) is 0. The van der Waals surface area contributed by atoms with Crippen LogP contribution in [0.2, 0.25) is 0 Å². The molecule has 0 fully saturated rings. The van der Waals surface area contributed by atoms with Crippen LogP contribution in [0.1, 0.15) is 35.2 Å². The summed E-state index contributed by atoms with van der Waals surface area (Å²) in [6.45, 7) is 5.67. The molecule has 0 bridgehead atoms. The van der Waals surface area contributed by atoms with Crippen molar-refractivity contribution in [1.29, 1.82) is 0 Å². The fourth-order valence-electron chi connectivity index (χ4n) is 4.07. The van der Waals surface area contributed by atoms with Gasteiger partial charge in [0, 0.05) is 5.69 Å². The van der Waals surface area contributed by atoms with Crippen molar-refractivity contribution >= 4 is 23.6 Å². The van der Waals surface area contributed by atoms with Gasteiger partial charge in [-0.15, -0.1) is 0 Å². The highest BCUT2D eigenvalue weighted by molar-refractivity contribution is 6.00. The average Bonchev–Trinajstić information content (AvgIpc) is 3.13. The molecule has 2 aromatic rings. The fraction of sp³-hybridized carbons (Fsp3) is 0.292. The molecule has 0 spiro atoms. The van der Waals surface area contributed by atoms with Crippen LogP contribution in [0.4, 0.5) is 10.5 Å². The molecule has 160 valence electrons. The summed E-state index contributed by atoms with van der Waals surface area (Å²) in [5.41, 5.74) is 5.39. The second-order valence-electron chi connectivity index (χ2n) is 7.82. The van der Waals surface area contributed by atoms with Crippen molar-refractivity contribution in [3.8, 4) is 0 Å². The van der Waals surface area contributed by atoms with Crippen molar-refractivity contribution in [3.05, 3.63) is 76.0 Å². The SMILES string of the molecule is CCc1ccccc1NC(=O)CN1C(=O)NC(c2cc(C)ccc2C)C2=C1COC2=O. The van der Waals surface area contributed by atoms with Crippen molar-refractivity contribution in [3.63, 3.8) is 0 Å². The Morgan fingerprint density at radius 2 is 1.97 bits per heavy atom. The number of hydrogen-bond donors (Lipinski definition) is 2. The van der Waals surface area contributed by atoms with E-state index in [0.717, 1.165) is 28.7 Å². The summed E-state index contributed by atoms with van der Waals surface area (Å²) in [5.74, 6) is -0.810. The largest absolute Gasteiger partial charge is 0.456 e. The van der Waals surface area contributed by atoms with E-state index in [4.69, 9.17) is 4.74 Å². The highest BCUT2D eigenvalue weighted by Gasteiger charge is 2.43. The van der Waals surface area contributed by atoms with Gasteiger partial charge in [-0.2, -0.15) is 0 Å². The number of ether oxygens (including phenoxy) is 1. The minimum absolute atomic E-state index is 0.0260. The molecule has 7 nitrogen and oxygen atoms in total. The number of urea groups is 1. The number of carbonyl (C=O) groups is 3. The quantitative estimate of drug-likeness (QED) is 0.728. The van der Waals surface area contributed by atoms with Gasteiger partial charge in [-0.25, -0.2) is 9.59 Å². The number of anilines is 1. The lowest BCUT2D eigenvalue weighted by molar-refractivity contribution is -0.136. The lowest BCUT2D eigenvalue weighted by Crippen LogP contribution is -2.49. The van der Waals surface area contributed by atoms with E-state index in [1.807, 2.05) is 63.2 Å². The average molecular weight is 419 g/mol. The summed E-state index contributed by atoms with van der Waals surface area (Å²) in [4.78, 5) is 39.5. The molecule has 0 aromatic heterocycles. The van der Waals surface area contributed by atoms with Crippen molar-refractivity contribution in [2.24, 2.45) is 0 Å². The Morgan fingerprint density at radius 3 is 2.74 bits per heavy atom. The molecule has 7 heteroatoms. The molecular weight excluding hydrogens is 394 g/mol. The van der Waals surface area contributed by atoms with E-state index in [1.165, 1.54) is 4.90 Å². The number of aryl methyl sites for hydroxylation is 3. The lowest BCUT2D eigenvalue weighted by atomic mass is 9.91. The maximum absolute atomic E-state index is 13.0. The van der Waals surface area contributed by atoms with Crippen LogP contribution in [-0.2, 0) is 20.7 Å². The third-order valence-electron chi connectivity index (χ3n) is 5.72. The van der Waals surface area contributed by atoms with Gasteiger partial charge in [0.25, 0.3) is 0 Å². The molecule has 2 aliphatic rings. The van der Waals surface area contributed by atoms with Crippen LogP contribution in [0.25, 0.3) is 0 Å². The topological polar surface area (TPSA) is 87.7 Å². The number of benzene rings is 2. The van der Waals surface area contributed by atoms with Gasteiger partial charge in [-0.05, 0) is 43.0 Å². The maximum Gasteiger partial charge on any atom is 0.338 e. The predicted octanol–water partition coefficient (Wildman–Crippen LogP) is 3.38. The fourth-order valence-corrected chi connectivity index (χ4v) is 4.07. The molecule has 1 atom stereocenters. The van der Waals surface area contributed by atoms with Crippen LogP contribution in [0.5, 0.6) is 0 Å². The zero-order chi connectivity index (χ0) is 22.1. The zero-order valence-electron chi connectivity index (χ0n) is 17.8. The van der Waals surface area contributed by atoms with Crippen LogP contribution in [0.3, 0.4) is 0 Å². The molecule has 2 N–H and O–H groups in total. The molecule has 0 aliphatic carbocycles. The molecule has 0 saturated heterocycles. The third kappa shape index (κ3) is 3.91. The maximum atomic E-state index is 13.0. The smallest absolute Gasteiger partial charge is 0.338 e. The van der Waals surface area contributed by atoms with Crippen molar-refractivity contribution in [1.82, 2.24) is 10.2 Å².